The maximum absolute atomic E-state index is 12.4. The number of amides is 2. The number of nitrogens with zero attached hydrogens (tertiary/aromatic N) is 3. The Bertz CT molecular complexity index is 489. The van der Waals surface area contributed by atoms with Crippen molar-refractivity contribution in [2.24, 2.45) is 0 Å². The van der Waals surface area contributed by atoms with Crippen molar-refractivity contribution in [1.82, 2.24) is 14.8 Å². The van der Waals surface area contributed by atoms with Gasteiger partial charge in [0, 0.05) is 25.5 Å². The Morgan fingerprint density at radius 2 is 2.21 bits per heavy atom. The second-order valence-electron chi connectivity index (χ2n) is 5.15. The minimum absolute atomic E-state index is 0.0770. The van der Waals surface area contributed by atoms with Gasteiger partial charge in [-0.2, -0.15) is 0 Å². The summed E-state index contributed by atoms with van der Waals surface area (Å²) in [4.78, 5) is 32.0. The maximum Gasteiger partial charge on any atom is 0.246 e. The zero-order valence-corrected chi connectivity index (χ0v) is 10.8. The molecule has 0 bridgehead atoms. The molecule has 0 radical (unpaired) electrons. The van der Waals surface area contributed by atoms with Crippen molar-refractivity contribution in [2.45, 2.75) is 31.8 Å². The van der Waals surface area contributed by atoms with Gasteiger partial charge in [0.05, 0.1) is 0 Å². The molecule has 0 aromatic carbocycles. The predicted octanol–water partition coefficient (Wildman–Crippen LogP) is 0.805. The molecule has 2 aliphatic heterocycles. The molecule has 2 saturated heterocycles. The molecule has 2 aliphatic rings. The van der Waals surface area contributed by atoms with Gasteiger partial charge < -0.3 is 9.80 Å². The highest BCUT2D eigenvalue weighted by Gasteiger charge is 2.40. The van der Waals surface area contributed by atoms with Gasteiger partial charge in [-0.15, -0.1) is 0 Å². The van der Waals surface area contributed by atoms with Crippen LogP contribution in [0.25, 0.3) is 0 Å². The maximum atomic E-state index is 12.4. The molecule has 0 aliphatic carbocycles. The summed E-state index contributed by atoms with van der Waals surface area (Å²) >= 11 is 0. The molecule has 2 amide bonds. The van der Waals surface area contributed by atoms with E-state index in [1.807, 2.05) is 12.1 Å². The Morgan fingerprint density at radius 1 is 1.32 bits per heavy atom. The summed E-state index contributed by atoms with van der Waals surface area (Å²) in [5.74, 6) is 0.163. The van der Waals surface area contributed by atoms with Gasteiger partial charge in [0.2, 0.25) is 11.8 Å². The average Bonchev–Trinajstić information content (AvgIpc) is 2.46. The summed E-state index contributed by atoms with van der Waals surface area (Å²) in [6.45, 7) is 1.41. The lowest BCUT2D eigenvalue weighted by Crippen LogP contribution is -2.60. The van der Waals surface area contributed by atoms with Crippen LogP contribution in [0, 0.1) is 0 Å². The fourth-order valence-corrected chi connectivity index (χ4v) is 2.88. The minimum atomic E-state index is -0.230. The first-order chi connectivity index (χ1) is 9.25. The van der Waals surface area contributed by atoms with E-state index in [-0.39, 0.29) is 24.4 Å². The van der Waals surface area contributed by atoms with Crippen LogP contribution in [-0.4, -0.2) is 45.7 Å². The monoisotopic (exact) mass is 259 g/mol. The summed E-state index contributed by atoms with van der Waals surface area (Å²) < 4.78 is 0. The Kier molecular flexibility index (Phi) is 3.19. The van der Waals surface area contributed by atoms with Crippen molar-refractivity contribution in [1.29, 1.82) is 0 Å². The van der Waals surface area contributed by atoms with Gasteiger partial charge in [0.25, 0.3) is 0 Å². The van der Waals surface area contributed by atoms with E-state index in [9.17, 15) is 9.59 Å². The number of piperazine rings is 1. The number of hydrogen-bond donors (Lipinski definition) is 0. The SMILES string of the molecule is O=C1C2CCCCN2C(=O)CN1Cc1cccnc1. The molecule has 100 valence electrons. The molecular weight excluding hydrogens is 242 g/mol. The van der Waals surface area contributed by atoms with E-state index in [2.05, 4.69) is 4.98 Å². The molecule has 19 heavy (non-hydrogen) atoms. The molecule has 5 heteroatoms. The van der Waals surface area contributed by atoms with Crippen LogP contribution in [0.3, 0.4) is 0 Å². The number of hydrogen-bond acceptors (Lipinski definition) is 3. The molecule has 0 spiro atoms. The van der Waals surface area contributed by atoms with Crippen molar-refractivity contribution in [3.8, 4) is 0 Å². The highest BCUT2D eigenvalue weighted by molar-refractivity contribution is 5.95. The van der Waals surface area contributed by atoms with E-state index in [1.54, 1.807) is 22.2 Å². The standard InChI is InChI=1S/C14H17N3O2/c18-13-10-16(9-11-4-3-6-15-8-11)14(19)12-5-1-2-7-17(12)13/h3-4,6,8,12H,1-2,5,7,9-10H2. The second kappa shape index (κ2) is 4.99. The van der Waals surface area contributed by atoms with Gasteiger partial charge in [-0.25, -0.2) is 0 Å². The quantitative estimate of drug-likeness (QED) is 0.789. The van der Waals surface area contributed by atoms with Crippen molar-refractivity contribution in [3.63, 3.8) is 0 Å². The molecule has 1 aromatic rings. The number of carbonyl (C=O) groups is 2. The molecule has 1 unspecified atom stereocenters. The van der Waals surface area contributed by atoms with Gasteiger partial charge in [0.1, 0.15) is 12.6 Å². The second-order valence-corrected chi connectivity index (χ2v) is 5.15. The fourth-order valence-electron chi connectivity index (χ4n) is 2.88. The van der Waals surface area contributed by atoms with E-state index >= 15 is 0 Å². The van der Waals surface area contributed by atoms with Crippen LogP contribution in [0.4, 0.5) is 0 Å². The normalized spacial score (nSPS) is 23.5. The highest BCUT2D eigenvalue weighted by Crippen LogP contribution is 2.23. The number of aromatic nitrogens is 1. The van der Waals surface area contributed by atoms with Crippen LogP contribution in [0.5, 0.6) is 0 Å². The smallest absolute Gasteiger partial charge is 0.246 e. The van der Waals surface area contributed by atoms with E-state index in [4.69, 9.17) is 0 Å². The number of carbonyl (C=O) groups excluding carboxylic acids is 2. The first-order valence-electron chi connectivity index (χ1n) is 6.73. The Labute approximate surface area is 112 Å². The van der Waals surface area contributed by atoms with E-state index in [0.717, 1.165) is 31.4 Å². The third-order valence-corrected chi connectivity index (χ3v) is 3.84. The summed E-state index contributed by atoms with van der Waals surface area (Å²) in [6, 6.07) is 3.54. The van der Waals surface area contributed by atoms with Crippen molar-refractivity contribution < 1.29 is 9.59 Å². The summed E-state index contributed by atoms with van der Waals surface area (Å²) in [5.41, 5.74) is 0.966. The molecule has 1 aromatic heterocycles. The predicted molar refractivity (Wildman–Crippen MR) is 69.0 cm³/mol. The third kappa shape index (κ3) is 2.32. The summed E-state index contributed by atoms with van der Waals surface area (Å²) in [6.07, 6.45) is 6.29. The lowest BCUT2D eigenvalue weighted by molar-refractivity contribution is -0.158. The van der Waals surface area contributed by atoms with Crippen LogP contribution < -0.4 is 0 Å². The van der Waals surface area contributed by atoms with Gasteiger partial charge in [0.15, 0.2) is 0 Å². The molecule has 1 atom stereocenters. The number of piperidine rings is 1. The zero-order chi connectivity index (χ0) is 13.2. The van der Waals surface area contributed by atoms with Gasteiger partial charge in [-0.3, -0.25) is 14.6 Å². The summed E-state index contributed by atoms with van der Waals surface area (Å²) in [5, 5.41) is 0. The summed E-state index contributed by atoms with van der Waals surface area (Å²) in [7, 11) is 0. The fraction of sp³-hybridized carbons (Fsp3) is 0.500. The third-order valence-electron chi connectivity index (χ3n) is 3.84. The van der Waals surface area contributed by atoms with Crippen LogP contribution in [0.1, 0.15) is 24.8 Å². The lowest BCUT2D eigenvalue weighted by Gasteiger charge is -2.42. The minimum Gasteiger partial charge on any atom is -0.329 e. The van der Waals surface area contributed by atoms with Crippen molar-refractivity contribution >= 4 is 11.8 Å². The lowest BCUT2D eigenvalue weighted by atomic mass is 9.98. The first-order valence-corrected chi connectivity index (χ1v) is 6.73. The molecule has 3 heterocycles. The van der Waals surface area contributed by atoms with Gasteiger partial charge in [-0.05, 0) is 30.9 Å². The molecular formula is C14H17N3O2. The Morgan fingerprint density at radius 3 is 3.00 bits per heavy atom. The molecule has 5 nitrogen and oxygen atoms in total. The topological polar surface area (TPSA) is 53.5 Å². The Balaban J connectivity index is 1.76. The van der Waals surface area contributed by atoms with Crippen molar-refractivity contribution in [3.05, 3.63) is 30.1 Å². The first kappa shape index (κ1) is 12.1. The van der Waals surface area contributed by atoms with E-state index < -0.39 is 0 Å². The van der Waals surface area contributed by atoms with E-state index in [1.165, 1.54) is 0 Å². The highest BCUT2D eigenvalue weighted by atomic mass is 16.2. The van der Waals surface area contributed by atoms with Crippen LogP contribution in [0.15, 0.2) is 24.5 Å². The van der Waals surface area contributed by atoms with Crippen molar-refractivity contribution in [2.75, 3.05) is 13.1 Å². The van der Waals surface area contributed by atoms with Gasteiger partial charge in [-0.1, -0.05) is 6.07 Å². The van der Waals surface area contributed by atoms with Crippen LogP contribution in [0.2, 0.25) is 0 Å². The molecule has 0 N–H and O–H groups in total. The number of rotatable bonds is 2. The zero-order valence-electron chi connectivity index (χ0n) is 10.8. The number of fused-ring (bicyclic) bond motifs is 1. The molecule has 2 fully saturated rings. The van der Waals surface area contributed by atoms with E-state index in [0.29, 0.717) is 6.54 Å². The van der Waals surface area contributed by atoms with Gasteiger partial charge >= 0.3 is 0 Å². The molecule has 0 saturated carbocycles. The molecule has 3 rings (SSSR count). The Hall–Kier alpha value is -1.91. The average molecular weight is 259 g/mol. The van der Waals surface area contributed by atoms with Crippen LogP contribution in [-0.2, 0) is 16.1 Å². The largest absolute Gasteiger partial charge is 0.329 e. The number of pyridine rings is 1. The van der Waals surface area contributed by atoms with Crippen LogP contribution >= 0.6 is 0 Å².